The summed E-state index contributed by atoms with van der Waals surface area (Å²) in [5, 5.41) is 23.9. The van der Waals surface area contributed by atoms with Gasteiger partial charge in [-0.15, -0.1) is 5.10 Å². The van der Waals surface area contributed by atoms with Gasteiger partial charge in [-0.1, -0.05) is 0 Å². The number of ether oxygens (including phenoxy) is 1. The number of allylic oxidation sites excluding steroid dienone is 1. The minimum absolute atomic E-state index is 0.0435. The Bertz CT molecular complexity index is 1130. The topological polar surface area (TPSA) is 111 Å². The minimum Gasteiger partial charge on any atom is -0.393 e. The van der Waals surface area contributed by atoms with Crippen LogP contribution in [0.1, 0.15) is 56.7 Å². The van der Waals surface area contributed by atoms with Gasteiger partial charge < -0.3 is 25.0 Å². The molecule has 208 valence electrons. The minimum atomic E-state index is -0.231. The molecule has 38 heavy (non-hydrogen) atoms. The number of likely N-dealkylation sites (N-methyl/N-ethyl adjacent to an activating group) is 1. The predicted molar refractivity (Wildman–Crippen MR) is 149 cm³/mol. The number of nitrogens with one attached hydrogen (secondary N) is 1. The second kappa shape index (κ2) is 12.7. The van der Waals surface area contributed by atoms with Gasteiger partial charge in [-0.2, -0.15) is 5.10 Å². The van der Waals surface area contributed by atoms with E-state index in [-0.39, 0.29) is 24.6 Å². The van der Waals surface area contributed by atoms with Crippen molar-refractivity contribution in [1.29, 1.82) is 0 Å². The van der Waals surface area contributed by atoms with E-state index in [1.54, 1.807) is 12.1 Å². The fourth-order valence-corrected chi connectivity index (χ4v) is 5.30. The Labute approximate surface area is 225 Å². The fourth-order valence-electron chi connectivity index (χ4n) is 5.30. The van der Waals surface area contributed by atoms with Gasteiger partial charge in [0.1, 0.15) is 6.54 Å². The average Bonchev–Trinajstić information content (AvgIpc) is 3.28. The lowest BCUT2D eigenvalue weighted by atomic mass is 9.85. The van der Waals surface area contributed by atoms with Crippen LogP contribution in [0.5, 0.6) is 0 Å². The maximum Gasteiger partial charge on any atom is 0.244 e. The number of rotatable bonds is 10. The predicted octanol–water partition coefficient (Wildman–Crippen LogP) is 2.25. The number of hydrazone groups is 1. The number of aliphatic hydroxyl groups excluding tert-OH is 1. The Morgan fingerprint density at radius 3 is 2.68 bits per heavy atom. The number of hydrogen-bond acceptors (Lipinski definition) is 9. The Balaban J connectivity index is 1.61. The van der Waals surface area contributed by atoms with Crippen LogP contribution in [-0.4, -0.2) is 113 Å². The van der Waals surface area contributed by atoms with Crippen molar-refractivity contribution in [2.75, 3.05) is 58.8 Å². The number of aliphatic hydroxyl groups is 1. The van der Waals surface area contributed by atoms with Crippen LogP contribution in [-0.2, 0) is 9.53 Å². The molecule has 1 aliphatic carbocycles. The lowest BCUT2D eigenvalue weighted by molar-refractivity contribution is -0.133. The molecule has 0 spiro atoms. The first-order valence-electron chi connectivity index (χ1n) is 13.5. The summed E-state index contributed by atoms with van der Waals surface area (Å²) in [5.74, 6) is 0.871. The van der Waals surface area contributed by atoms with E-state index in [1.165, 1.54) is 0 Å². The van der Waals surface area contributed by atoms with Crippen molar-refractivity contribution in [2.45, 2.75) is 57.6 Å². The molecule has 2 aromatic heterocycles. The maximum atomic E-state index is 12.9. The van der Waals surface area contributed by atoms with Gasteiger partial charge in [0.15, 0.2) is 0 Å². The summed E-state index contributed by atoms with van der Waals surface area (Å²) >= 11 is 0. The van der Waals surface area contributed by atoms with Crippen LogP contribution in [0.15, 0.2) is 23.6 Å². The Kier molecular flexibility index (Phi) is 9.35. The number of anilines is 1. The first-order valence-corrected chi connectivity index (χ1v) is 13.5. The first-order chi connectivity index (χ1) is 18.3. The molecule has 0 aromatic carbocycles. The van der Waals surface area contributed by atoms with Gasteiger partial charge in [0.25, 0.3) is 0 Å². The smallest absolute Gasteiger partial charge is 0.244 e. The highest BCUT2D eigenvalue weighted by Crippen LogP contribution is 2.36. The lowest BCUT2D eigenvalue weighted by Crippen LogP contribution is -2.49. The molecule has 0 unspecified atom stereocenters. The van der Waals surface area contributed by atoms with Crippen LogP contribution < -0.4 is 5.32 Å². The van der Waals surface area contributed by atoms with E-state index >= 15 is 0 Å². The Hall–Kier alpha value is -3.02. The van der Waals surface area contributed by atoms with Gasteiger partial charge in [0.2, 0.25) is 11.9 Å². The molecule has 2 N–H and O–H groups in total. The van der Waals surface area contributed by atoms with Crippen LogP contribution in [0.3, 0.4) is 0 Å². The summed E-state index contributed by atoms with van der Waals surface area (Å²) in [4.78, 5) is 21.6. The van der Waals surface area contributed by atoms with Crippen molar-refractivity contribution in [3.05, 3.63) is 29.7 Å². The lowest BCUT2D eigenvalue weighted by Gasteiger charge is -2.33. The van der Waals surface area contributed by atoms with Crippen molar-refractivity contribution in [2.24, 2.45) is 5.10 Å². The summed E-state index contributed by atoms with van der Waals surface area (Å²) < 4.78 is 7.22. The second-order valence-electron chi connectivity index (χ2n) is 10.6. The van der Waals surface area contributed by atoms with E-state index in [2.05, 4.69) is 40.1 Å². The number of hydrogen-bond donors (Lipinski definition) is 2. The molecule has 2 aromatic rings. The molecule has 1 aliphatic heterocycles. The third-order valence-corrected chi connectivity index (χ3v) is 7.55. The molecule has 3 heterocycles. The number of carbonyl (C=O) groups excluding carboxylic acids is 1. The molecule has 2 aliphatic rings. The maximum absolute atomic E-state index is 12.9. The van der Waals surface area contributed by atoms with Crippen LogP contribution in [0, 0.1) is 0 Å². The highest BCUT2D eigenvalue weighted by atomic mass is 16.5. The van der Waals surface area contributed by atoms with Crippen molar-refractivity contribution >= 4 is 29.7 Å². The van der Waals surface area contributed by atoms with Crippen LogP contribution in [0.2, 0.25) is 0 Å². The molecular weight excluding hydrogens is 484 g/mol. The SMILES string of the molecule is C=NN(/C=C(\C)c1cc([C@H]2CC[C@H](O)CC2)n2nc(N[C@@H](C)COC)ncc12)CC(=O)N1CCN(C)CC1. The van der Waals surface area contributed by atoms with Crippen LogP contribution in [0.4, 0.5) is 5.95 Å². The third kappa shape index (κ3) is 6.69. The molecule has 1 atom stereocenters. The number of piperazine rings is 1. The summed E-state index contributed by atoms with van der Waals surface area (Å²) in [6.07, 6.45) is 6.86. The normalized spacial score (nSPS) is 21.9. The Morgan fingerprint density at radius 1 is 1.32 bits per heavy atom. The number of aromatic nitrogens is 3. The van der Waals surface area contributed by atoms with E-state index in [0.717, 1.165) is 74.2 Å². The highest BCUT2D eigenvalue weighted by Gasteiger charge is 2.26. The van der Waals surface area contributed by atoms with E-state index in [4.69, 9.17) is 9.84 Å². The molecule has 11 heteroatoms. The number of methoxy groups -OCH3 is 1. The van der Waals surface area contributed by atoms with E-state index in [9.17, 15) is 9.90 Å². The molecular formula is C27H42N8O3. The molecule has 1 amide bonds. The number of nitrogens with zero attached hydrogens (tertiary/aromatic N) is 7. The van der Waals surface area contributed by atoms with Crippen molar-refractivity contribution in [3.63, 3.8) is 0 Å². The quantitative estimate of drug-likeness (QED) is 0.358. The zero-order chi connectivity index (χ0) is 27.2. The number of amides is 1. The number of carbonyl (C=O) groups is 1. The van der Waals surface area contributed by atoms with E-state index in [0.29, 0.717) is 18.5 Å². The molecule has 4 rings (SSSR count). The number of fused-ring (bicyclic) bond motifs is 1. The first kappa shape index (κ1) is 28.0. The fraction of sp³-hybridized carbons (Fsp3) is 0.630. The molecule has 1 saturated heterocycles. The van der Waals surface area contributed by atoms with Crippen LogP contribution in [0.25, 0.3) is 11.1 Å². The largest absolute Gasteiger partial charge is 0.393 e. The van der Waals surface area contributed by atoms with E-state index in [1.807, 2.05) is 35.7 Å². The zero-order valence-corrected chi connectivity index (χ0v) is 23.1. The molecule has 11 nitrogen and oxygen atoms in total. The third-order valence-electron chi connectivity index (χ3n) is 7.55. The van der Waals surface area contributed by atoms with Gasteiger partial charge in [-0.3, -0.25) is 9.80 Å². The molecule has 0 bridgehead atoms. The van der Waals surface area contributed by atoms with Gasteiger partial charge in [-0.05, 0) is 58.2 Å². The van der Waals surface area contributed by atoms with E-state index < -0.39 is 0 Å². The van der Waals surface area contributed by atoms with Crippen LogP contribution >= 0.6 is 0 Å². The summed E-state index contributed by atoms with van der Waals surface area (Å²) in [5.41, 5.74) is 3.92. The summed E-state index contributed by atoms with van der Waals surface area (Å²) in [7, 11) is 3.74. The standard InChI is InChI=1S/C27H42N8O3/c1-19(16-34(28-3)17-26(37)33-12-10-32(4)11-13-33)23-14-24(21-6-8-22(36)9-7-21)35-25(23)15-29-27(31-35)30-20(2)18-38-5/h14-16,20-22,36H,3,6-13,17-18H2,1-2,4-5H3,(H,30,31)/b19-16+/t20-,21-,22-/m0/s1. The highest BCUT2D eigenvalue weighted by molar-refractivity contribution is 5.80. The second-order valence-corrected chi connectivity index (χ2v) is 10.6. The van der Waals surface area contributed by atoms with Gasteiger partial charge in [-0.25, -0.2) is 9.50 Å². The van der Waals surface area contributed by atoms with Gasteiger partial charge in [0, 0.05) is 69.4 Å². The van der Waals surface area contributed by atoms with Crippen molar-refractivity contribution in [3.8, 4) is 0 Å². The zero-order valence-electron chi connectivity index (χ0n) is 23.1. The molecule has 1 saturated carbocycles. The molecule has 0 radical (unpaired) electrons. The Morgan fingerprint density at radius 2 is 2.03 bits per heavy atom. The molecule has 2 fully saturated rings. The summed E-state index contributed by atoms with van der Waals surface area (Å²) in [6.45, 7) is 11.6. The van der Waals surface area contributed by atoms with Crippen molar-refractivity contribution in [1.82, 2.24) is 29.4 Å². The van der Waals surface area contributed by atoms with Gasteiger partial charge in [0.05, 0.1) is 24.4 Å². The average molecular weight is 527 g/mol. The van der Waals surface area contributed by atoms with Gasteiger partial charge >= 0.3 is 0 Å². The monoisotopic (exact) mass is 526 g/mol. The van der Waals surface area contributed by atoms with Crippen molar-refractivity contribution < 1.29 is 14.6 Å². The summed E-state index contributed by atoms with van der Waals surface area (Å²) in [6, 6.07) is 2.23.